The second-order valence-corrected chi connectivity index (χ2v) is 9.60. The standard InChI is InChI=1S/C27H41N3O3/c1-8-21(7)25-18-24(27(32)33-9-2)28-30(25)23-12-10-22(11-13-23)26(31)29(16-14-19(3)4)17-15-20(5)6/h10-13,18-21H,8-9,14-17H2,1-7H3. The lowest BCUT2D eigenvalue weighted by Crippen LogP contribution is -2.34. The van der Waals surface area contributed by atoms with Gasteiger partial charge in [0, 0.05) is 24.3 Å². The Labute approximate surface area is 199 Å². The summed E-state index contributed by atoms with van der Waals surface area (Å²) >= 11 is 0. The van der Waals surface area contributed by atoms with E-state index >= 15 is 0 Å². The van der Waals surface area contributed by atoms with E-state index in [4.69, 9.17) is 4.74 Å². The number of carbonyl (C=O) groups is 2. The second-order valence-electron chi connectivity index (χ2n) is 9.60. The highest BCUT2D eigenvalue weighted by Crippen LogP contribution is 2.24. The molecule has 0 radical (unpaired) electrons. The Morgan fingerprint density at radius 1 is 0.970 bits per heavy atom. The average molecular weight is 456 g/mol. The minimum atomic E-state index is -0.418. The highest BCUT2D eigenvalue weighted by molar-refractivity contribution is 5.94. The molecule has 33 heavy (non-hydrogen) atoms. The van der Waals surface area contributed by atoms with E-state index < -0.39 is 5.97 Å². The fraction of sp³-hybridized carbons (Fsp3) is 0.593. The van der Waals surface area contributed by atoms with Crippen LogP contribution in [0.25, 0.3) is 5.69 Å². The molecule has 6 heteroatoms. The first-order valence-corrected chi connectivity index (χ1v) is 12.3. The van der Waals surface area contributed by atoms with Crippen molar-refractivity contribution in [3.63, 3.8) is 0 Å². The topological polar surface area (TPSA) is 64.4 Å². The van der Waals surface area contributed by atoms with Crippen molar-refractivity contribution in [1.29, 1.82) is 0 Å². The SMILES string of the molecule is CCOC(=O)c1cc(C(C)CC)n(-c2ccc(C(=O)N(CCC(C)C)CCC(C)C)cc2)n1. The fourth-order valence-corrected chi connectivity index (χ4v) is 3.54. The molecule has 1 unspecified atom stereocenters. The summed E-state index contributed by atoms with van der Waals surface area (Å²) in [6.45, 7) is 16.6. The fourth-order valence-electron chi connectivity index (χ4n) is 3.54. The number of ether oxygens (including phenoxy) is 1. The van der Waals surface area contributed by atoms with Gasteiger partial charge in [0.25, 0.3) is 5.91 Å². The van der Waals surface area contributed by atoms with Crippen LogP contribution in [0.4, 0.5) is 0 Å². The molecular formula is C27H41N3O3. The third-order valence-electron chi connectivity index (χ3n) is 5.94. The molecule has 0 aliphatic heterocycles. The van der Waals surface area contributed by atoms with E-state index in [-0.39, 0.29) is 11.8 Å². The first kappa shape index (κ1) is 26.6. The average Bonchev–Trinajstić information content (AvgIpc) is 3.24. The van der Waals surface area contributed by atoms with Crippen LogP contribution in [0.5, 0.6) is 0 Å². The van der Waals surface area contributed by atoms with Gasteiger partial charge in [-0.15, -0.1) is 0 Å². The molecule has 6 nitrogen and oxygen atoms in total. The lowest BCUT2D eigenvalue weighted by atomic mass is 10.0. The molecule has 1 atom stereocenters. The number of hydrogen-bond acceptors (Lipinski definition) is 4. The van der Waals surface area contributed by atoms with E-state index in [0.29, 0.717) is 29.7 Å². The maximum absolute atomic E-state index is 13.2. The summed E-state index contributed by atoms with van der Waals surface area (Å²) in [6, 6.07) is 9.35. The van der Waals surface area contributed by atoms with Gasteiger partial charge in [0.1, 0.15) is 0 Å². The second kappa shape index (κ2) is 12.6. The van der Waals surface area contributed by atoms with Gasteiger partial charge in [0.15, 0.2) is 5.69 Å². The Morgan fingerprint density at radius 3 is 2.03 bits per heavy atom. The molecule has 2 aromatic rings. The number of esters is 1. The maximum atomic E-state index is 13.2. The molecule has 0 spiro atoms. The lowest BCUT2D eigenvalue weighted by molar-refractivity contribution is 0.0518. The molecule has 1 heterocycles. The zero-order chi connectivity index (χ0) is 24.5. The van der Waals surface area contributed by atoms with Crippen molar-refractivity contribution in [3.05, 3.63) is 47.3 Å². The van der Waals surface area contributed by atoms with Crippen molar-refractivity contribution in [1.82, 2.24) is 14.7 Å². The van der Waals surface area contributed by atoms with Crippen LogP contribution in [-0.2, 0) is 4.74 Å². The Balaban J connectivity index is 2.30. The highest BCUT2D eigenvalue weighted by Gasteiger charge is 2.21. The zero-order valence-corrected chi connectivity index (χ0v) is 21.4. The van der Waals surface area contributed by atoms with Crippen LogP contribution in [0, 0.1) is 11.8 Å². The molecule has 0 N–H and O–H groups in total. The van der Waals surface area contributed by atoms with Gasteiger partial charge in [-0.3, -0.25) is 4.79 Å². The van der Waals surface area contributed by atoms with Crippen LogP contribution < -0.4 is 0 Å². The lowest BCUT2D eigenvalue weighted by Gasteiger charge is -2.25. The van der Waals surface area contributed by atoms with Crippen molar-refractivity contribution in [3.8, 4) is 5.69 Å². The number of benzene rings is 1. The van der Waals surface area contributed by atoms with Crippen LogP contribution in [0.1, 0.15) is 100 Å². The normalized spacial score (nSPS) is 12.3. The summed E-state index contributed by atoms with van der Waals surface area (Å²) in [6.07, 6.45) is 2.90. The monoisotopic (exact) mass is 455 g/mol. The van der Waals surface area contributed by atoms with Crippen LogP contribution in [0.3, 0.4) is 0 Å². The third kappa shape index (κ3) is 7.44. The number of amides is 1. The van der Waals surface area contributed by atoms with Gasteiger partial charge in [-0.25, -0.2) is 9.48 Å². The van der Waals surface area contributed by atoms with Gasteiger partial charge in [-0.05, 0) is 74.3 Å². The summed E-state index contributed by atoms with van der Waals surface area (Å²) in [5.74, 6) is 0.976. The van der Waals surface area contributed by atoms with Gasteiger partial charge in [-0.1, -0.05) is 41.5 Å². The van der Waals surface area contributed by atoms with Crippen LogP contribution in [-0.4, -0.2) is 46.3 Å². The summed E-state index contributed by atoms with van der Waals surface area (Å²) in [4.78, 5) is 27.5. The molecule has 1 aromatic heterocycles. The van der Waals surface area contributed by atoms with Crippen molar-refractivity contribution in [2.45, 2.75) is 73.6 Å². The summed E-state index contributed by atoms with van der Waals surface area (Å²) < 4.78 is 6.93. The van der Waals surface area contributed by atoms with Gasteiger partial charge in [-0.2, -0.15) is 5.10 Å². The molecule has 0 saturated carbocycles. The van der Waals surface area contributed by atoms with E-state index in [2.05, 4.69) is 46.6 Å². The largest absolute Gasteiger partial charge is 0.461 e. The molecular weight excluding hydrogens is 414 g/mol. The molecule has 0 bridgehead atoms. The predicted octanol–water partition coefficient (Wildman–Crippen LogP) is 6.10. The zero-order valence-electron chi connectivity index (χ0n) is 21.4. The van der Waals surface area contributed by atoms with Crippen molar-refractivity contribution in [2.24, 2.45) is 11.8 Å². The van der Waals surface area contributed by atoms with Crippen LogP contribution >= 0.6 is 0 Å². The van der Waals surface area contributed by atoms with Gasteiger partial charge in [0.05, 0.1) is 12.3 Å². The number of carbonyl (C=O) groups excluding carboxylic acids is 2. The first-order chi connectivity index (χ1) is 15.7. The summed E-state index contributed by atoms with van der Waals surface area (Å²) in [5, 5.41) is 4.52. The van der Waals surface area contributed by atoms with E-state index in [0.717, 1.165) is 43.7 Å². The quantitative estimate of drug-likeness (QED) is 0.363. The summed E-state index contributed by atoms with van der Waals surface area (Å²) in [7, 11) is 0. The van der Waals surface area contributed by atoms with Crippen LogP contribution in [0.2, 0.25) is 0 Å². The third-order valence-corrected chi connectivity index (χ3v) is 5.94. The molecule has 2 rings (SSSR count). The Morgan fingerprint density at radius 2 is 1.55 bits per heavy atom. The van der Waals surface area contributed by atoms with E-state index in [1.165, 1.54) is 0 Å². The van der Waals surface area contributed by atoms with Gasteiger partial charge < -0.3 is 9.64 Å². The Hall–Kier alpha value is -2.63. The van der Waals surface area contributed by atoms with Crippen molar-refractivity contribution in [2.75, 3.05) is 19.7 Å². The van der Waals surface area contributed by atoms with Crippen molar-refractivity contribution < 1.29 is 14.3 Å². The number of hydrogen-bond donors (Lipinski definition) is 0. The summed E-state index contributed by atoms with van der Waals surface area (Å²) in [5.41, 5.74) is 2.76. The van der Waals surface area contributed by atoms with E-state index in [1.807, 2.05) is 35.2 Å². The molecule has 0 aliphatic carbocycles. The molecule has 0 fully saturated rings. The smallest absolute Gasteiger partial charge is 0.358 e. The molecule has 0 aliphatic rings. The maximum Gasteiger partial charge on any atom is 0.358 e. The van der Waals surface area contributed by atoms with Crippen molar-refractivity contribution >= 4 is 11.9 Å². The predicted molar refractivity (Wildman–Crippen MR) is 133 cm³/mol. The molecule has 1 aromatic carbocycles. The Bertz CT molecular complexity index is 888. The number of aromatic nitrogens is 2. The number of rotatable bonds is 12. The molecule has 182 valence electrons. The number of nitrogens with zero attached hydrogens (tertiary/aromatic N) is 3. The minimum Gasteiger partial charge on any atom is -0.461 e. The van der Waals surface area contributed by atoms with E-state index in [1.54, 1.807) is 11.6 Å². The highest BCUT2D eigenvalue weighted by atomic mass is 16.5. The van der Waals surface area contributed by atoms with Gasteiger partial charge >= 0.3 is 5.97 Å². The molecule has 0 saturated heterocycles. The van der Waals surface area contributed by atoms with Crippen LogP contribution in [0.15, 0.2) is 30.3 Å². The molecule has 1 amide bonds. The first-order valence-electron chi connectivity index (χ1n) is 12.3. The van der Waals surface area contributed by atoms with E-state index in [9.17, 15) is 9.59 Å². The Kier molecular flexibility index (Phi) is 10.1. The van der Waals surface area contributed by atoms with Gasteiger partial charge in [0.2, 0.25) is 0 Å². The minimum absolute atomic E-state index is 0.0673.